The average Bonchev–Trinajstić information content (AvgIpc) is 2.44. The zero-order valence-corrected chi connectivity index (χ0v) is 12.8. The molecule has 0 bridgehead atoms. The van der Waals surface area contributed by atoms with E-state index in [0.717, 1.165) is 23.0 Å². The Morgan fingerprint density at radius 2 is 1.95 bits per heavy atom. The lowest BCUT2D eigenvalue weighted by Gasteiger charge is -2.19. The summed E-state index contributed by atoms with van der Waals surface area (Å²) in [5.74, 6) is 0. The monoisotopic (exact) mass is 319 g/mol. The zero-order valence-electron chi connectivity index (χ0n) is 11.2. The lowest BCUT2D eigenvalue weighted by molar-refractivity contribution is 0.594. The van der Waals surface area contributed by atoms with Crippen molar-refractivity contribution >= 4 is 15.9 Å². The number of aromatic nitrogens is 2. The van der Waals surface area contributed by atoms with Crippen molar-refractivity contribution in [3.05, 3.63) is 58.1 Å². The van der Waals surface area contributed by atoms with Gasteiger partial charge in [0.25, 0.3) is 0 Å². The maximum Gasteiger partial charge on any atom is 0.115 e. The summed E-state index contributed by atoms with van der Waals surface area (Å²) in [6, 6.07) is 6.58. The summed E-state index contributed by atoms with van der Waals surface area (Å²) in [5, 5.41) is 3.55. The van der Waals surface area contributed by atoms with Crippen molar-refractivity contribution in [2.45, 2.75) is 26.3 Å². The van der Waals surface area contributed by atoms with Gasteiger partial charge >= 0.3 is 0 Å². The summed E-state index contributed by atoms with van der Waals surface area (Å²) < 4.78 is 1.13. The minimum atomic E-state index is 0.137. The normalized spacial score (nSPS) is 12.4. The van der Waals surface area contributed by atoms with Gasteiger partial charge in [0, 0.05) is 22.4 Å². The Kier molecular flexibility index (Phi) is 5.05. The van der Waals surface area contributed by atoms with E-state index < -0.39 is 0 Å². The SMILES string of the molecule is CCCNC(c1cncnc1)c1ccc(C)c(Br)c1. The van der Waals surface area contributed by atoms with Crippen LogP contribution in [-0.4, -0.2) is 16.5 Å². The van der Waals surface area contributed by atoms with Crippen LogP contribution in [0.4, 0.5) is 0 Å². The van der Waals surface area contributed by atoms with Gasteiger partial charge < -0.3 is 5.32 Å². The van der Waals surface area contributed by atoms with Gasteiger partial charge in [0.15, 0.2) is 0 Å². The molecule has 1 aromatic heterocycles. The minimum Gasteiger partial charge on any atom is -0.306 e. The molecule has 19 heavy (non-hydrogen) atoms. The summed E-state index contributed by atoms with van der Waals surface area (Å²) in [5.41, 5.74) is 3.55. The molecule has 3 nitrogen and oxygen atoms in total. The number of benzene rings is 1. The van der Waals surface area contributed by atoms with E-state index >= 15 is 0 Å². The van der Waals surface area contributed by atoms with E-state index in [1.54, 1.807) is 6.33 Å². The number of hydrogen-bond donors (Lipinski definition) is 1. The van der Waals surface area contributed by atoms with E-state index in [9.17, 15) is 0 Å². The Hall–Kier alpha value is -1.26. The zero-order chi connectivity index (χ0) is 13.7. The van der Waals surface area contributed by atoms with Crippen molar-refractivity contribution in [1.82, 2.24) is 15.3 Å². The van der Waals surface area contributed by atoms with Crippen LogP contribution < -0.4 is 5.32 Å². The van der Waals surface area contributed by atoms with Gasteiger partial charge in [-0.05, 0) is 37.1 Å². The standard InChI is InChI=1S/C15H18BrN3/c1-3-6-19-15(13-8-17-10-18-9-13)12-5-4-11(2)14(16)7-12/h4-5,7-10,15,19H,3,6H2,1-2H3. The predicted octanol–water partition coefficient (Wildman–Crippen LogP) is 3.64. The molecule has 4 heteroatoms. The lowest BCUT2D eigenvalue weighted by Crippen LogP contribution is -2.23. The van der Waals surface area contributed by atoms with Gasteiger partial charge in [0.05, 0.1) is 6.04 Å². The van der Waals surface area contributed by atoms with Gasteiger partial charge in [-0.2, -0.15) is 0 Å². The summed E-state index contributed by atoms with van der Waals surface area (Å²) in [4.78, 5) is 8.23. The van der Waals surface area contributed by atoms with Crippen molar-refractivity contribution in [2.24, 2.45) is 0 Å². The fourth-order valence-electron chi connectivity index (χ4n) is 1.97. The second kappa shape index (κ2) is 6.78. The Bertz CT molecular complexity index is 528. The molecule has 0 saturated carbocycles. The summed E-state index contributed by atoms with van der Waals surface area (Å²) in [6.45, 7) is 5.22. The lowest BCUT2D eigenvalue weighted by atomic mass is 10.00. The highest BCUT2D eigenvalue weighted by molar-refractivity contribution is 9.10. The van der Waals surface area contributed by atoms with Crippen LogP contribution in [0, 0.1) is 6.92 Å². The Labute approximate surface area is 122 Å². The number of rotatable bonds is 5. The number of nitrogens with zero attached hydrogens (tertiary/aromatic N) is 2. The molecule has 1 atom stereocenters. The molecule has 2 rings (SSSR count). The van der Waals surface area contributed by atoms with Gasteiger partial charge in [-0.15, -0.1) is 0 Å². The van der Waals surface area contributed by atoms with Crippen molar-refractivity contribution in [3.63, 3.8) is 0 Å². The second-order valence-corrected chi connectivity index (χ2v) is 5.42. The molecule has 1 N–H and O–H groups in total. The molecule has 1 heterocycles. The van der Waals surface area contributed by atoms with Crippen LogP contribution in [0.2, 0.25) is 0 Å². The molecule has 0 saturated heterocycles. The van der Waals surface area contributed by atoms with Crippen LogP contribution in [0.25, 0.3) is 0 Å². The molecular weight excluding hydrogens is 302 g/mol. The fourth-order valence-corrected chi connectivity index (χ4v) is 2.36. The van der Waals surface area contributed by atoms with Crippen LogP contribution >= 0.6 is 15.9 Å². The number of nitrogens with one attached hydrogen (secondary N) is 1. The van der Waals surface area contributed by atoms with Gasteiger partial charge in [-0.3, -0.25) is 0 Å². The predicted molar refractivity (Wildman–Crippen MR) is 81.0 cm³/mol. The number of halogens is 1. The minimum absolute atomic E-state index is 0.137. The van der Waals surface area contributed by atoms with E-state index in [4.69, 9.17) is 0 Å². The summed E-state index contributed by atoms with van der Waals surface area (Å²) in [6.07, 6.45) is 6.39. The van der Waals surface area contributed by atoms with E-state index in [2.05, 4.69) is 63.3 Å². The summed E-state index contributed by atoms with van der Waals surface area (Å²) >= 11 is 3.60. The molecule has 1 aromatic carbocycles. The third-order valence-corrected chi connectivity index (χ3v) is 3.90. The second-order valence-electron chi connectivity index (χ2n) is 4.57. The van der Waals surface area contributed by atoms with Gasteiger partial charge in [-0.25, -0.2) is 9.97 Å². The molecule has 1 unspecified atom stereocenters. The Morgan fingerprint density at radius 3 is 2.58 bits per heavy atom. The Balaban J connectivity index is 2.34. The van der Waals surface area contributed by atoms with Crippen molar-refractivity contribution in [1.29, 1.82) is 0 Å². The first kappa shape index (κ1) is 14.2. The molecule has 0 aliphatic carbocycles. The third-order valence-electron chi connectivity index (χ3n) is 3.04. The average molecular weight is 320 g/mol. The van der Waals surface area contributed by atoms with Crippen molar-refractivity contribution in [2.75, 3.05) is 6.54 Å². The van der Waals surface area contributed by atoms with Crippen LogP contribution in [-0.2, 0) is 0 Å². The van der Waals surface area contributed by atoms with Crippen molar-refractivity contribution < 1.29 is 0 Å². The molecule has 0 aliphatic heterocycles. The van der Waals surface area contributed by atoms with Gasteiger partial charge in [0.2, 0.25) is 0 Å². The van der Waals surface area contributed by atoms with Crippen molar-refractivity contribution in [3.8, 4) is 0 Å². The van der Waals surface area contributed by atoms with Crippen LogP contribution in [0.15, 0.2) is 41.4 Å². The van der Waals surface area contributed by atoms with E-state index in [-0.39, 0.29) is 6.04 Å². The molecule has 0 amide bonds. The van der Waals surface area contributed by atoms with Gasteiger partial charge in [-0.1, -0.05) is 35.0 Å². The van der Waals surface area contributed by atoms with E-state index in [0.29, 0.717) is 0 Å². The topological polar surface area (TPSA) is 37.8 Å². The number of aryl methyl sites for hydroxylation is 1. The van der Waals surface area contributed by atoms with Gasteiger partial charge in [0.1, 0.15) is 6.33 Å². The number of hydrogen-bond acceptors (Lipinski definition) is 3. The molecular formula is C15H18BrN3. The van der Waals surface area contributed by atoms with Crippen LogP contribution in [0.5, 0.6) is 0 Å². The maximum atomic E-state index is 4.12. The molecule has 0 radical (unpaired) electrons. The first-order valence-corrected chi connectivity index (χ1v) is 7.26. The molecule has 0 spiro atoms. The van der Waals surface area contributed by atoms with E-state index in [1.165, 1.54) is 11.1 Å². The van der Waals surface area contributed by atoms with Crippen LogP contribution in [0.1, 0.15) is 36.1 Å². The molecule has 0 fully saturated rings. The fraction of sp³-hybridized carbons (Fsp3) is 0.333. The maximum absolute atomic E-state index is 4.12. The quantitative estimate of drug-likeness (QED) is 0.914. The third kappa shape index (κ3) is 3.61. The first-order valence-electron chi connectivity index (χ1n) is 6.46. The Morgan fingerprint density at radius 1 is 1.21 bits per heavy atom. The molecule has 2 aromatic rings. The van der Waals surface area contributed by atoms with Crippen LogP contribution in [0.3, 0.4) is 0 Å². The highest BCUT2D eigenvalue weighted by Gasteiger charge is 2.14. The summed E-state index contributed by atoms with van der Waals surface area (Å²) in [7, 11) is 0. The van der Waals surface area contributed by atoms with E-state index in [1.807, 2.05) is 12.4 Å². The highest BCUT2D eigenvalue weighted by Crippen LogP contribution is 2.25. The molecule has 0 aliphatic rings. The largest absolute Gasteiger partial charge is 0.306 e. The first-order chi connectivity index (χ1) is 9.22. The highest BCUT2D eigenvalue weighted by atomic mass is 79.9. The molecule has 100 valence electrons. The smallest absolute Gasteiger partial charge is 0.115 e.